The molecule has 0 aromatic heterocycles. The third-order valence-corrected chi connectivity index (χ3v) is 4.70. The van der Waals surface area contributed by atoms with E-state index < -0.39 is 6.04 Å². The second-order valence-corrected chi connectivity index (χ2v) is 7.27. The van der Waals surface area contributed by atoms with Gasteiger partial charge in [0.15, 0.2) is 0 Å². The van der Waals surface area contributed by atoms with Crippen LogP contribution in [0.4, 0.5) is 0 Å². The molecule has 0 aliphatic heterocycles. The number of Topliss-reactive ketones (excluding diaryl/α,β-unsaturated/α-hetero) is 1. The van der Waals surface area contributed by atoms with E-state index in [0.29, 0.717) is 24.6 Å². The fourth-order valence-corrected chi connectivity index (χ4v) is 3.48. The summed E-state index contributed by atoms with van der Waals surface area (Å²) in [7, 11) is 3.39. The molecule has 4 nitrogen and oxygen atoms in total. The molecule has 0 fully saturated rings. The van der Waals surface area contributed by atoms with Crippen molar-refractivity contribution in [2.24, 2.45) is 11.7 Å². The number of rotatable bonds is 10. The van der Waals surface area contributed by atoms with Crippen LogP contribution >= 0.6 is 21.6 Å². The van der Waals surface area contributed by atoms with E-state index in [4.69, 9.17) is 5.73 Å². The second-order valence-electron chi connectivity index (χ2n) is 4.64. The van der Waals surface area contributed by atoms with E-state index in [9.17, 15) is 9.59 Å². The van der Waals surface area contributed by atoms with Crippen molar-refractivity contribution in [3.63, 3.8) is 0 Å². The molecule has 0 rings (SSSR count). The lowest BCUT2D eigenvalue weighted by molar-refractivity contribution is -0.122. The van der Waals surface area contributed by atoms with Crippen LogP contribution < -0.4 is 11.1 Å². The predicted octanol–water partition coefficient (Wildman–Crippen LogP) is 1.84. The first-order valence-corrected chi connectivity index (χ1v) is 8.69. The molecule has 0 aromatic rings. The van der Waals surface area contributed by atoms with Crippen molar-refractivity contribution >= 4 is 33.3 Å². The van der Waals surface area contributed by atoms with Crippen LogP contribution in [-0.4, -0.2) is 35.8 Å². The molecule has 0 bridgehead atoms. The maximum absolute atomic E-state index is 11.5. The Balaban J connectivity index is 3.52. The quantitative estimate of drug-likeness (QED) is 0.475. The van der Waals surface area contributed by atoms with Gasteiger partial charge in [0.1, 0.15) is 5.78 Å². The van der Waals surface area contributed by atoms with E-state index in [2.05, 4.69) is 19.2 Å². The zero-order valence-corrected chi connectivity index (χ0v) is 13.0. The number of ketones is 1. The molecule has 6 heteroatoms. The Morgan fingerprint density at radius 1 is 1.28 bits per heavy atom. The molecule has 0 saturated carbocycles. The predicted molar refractivity (Wildman–Crippen MR) is 80.7 cm³/mol. The van der Waals surface area contributed by atoms with Crippen LogP contribution in [0.5, 0.6) is 0 Å². The molecule has 0 aliphatic rings. The van der Waals surface area contributed by atoms with E-state index in [0.717, 1.165) is 5.75 Å². The summed E-state index contributed by atoms with van der Waals surface area (Å²) in [6.45, 7) is 6.28. The average molecular weight is 292 g/mol. The normalized spacial score (nSPS) is 12.5. The maximum atomic E-state index is 11.5. The van der Waals surface area contributed by atoms with Gasteiger partial charge < -0.3 is 11.1 Å². The van der Waals surface area contributed by atoms with Crippen molar-refractivity contribution in [1.29, 1.82) is 0 Å². The van der Waals surface area contributed by atoms with E-state index >= 15 is 0 Å². The van der Waals surface area contributed by atoms with E-state index in [1.165, 1.54) is 13.3 Å². The van der Waals surface area contributed by atoms with Crippen LogP contribution in [-0.2, 0) is 9.59 Å². The highest BCUT2D eigenvalue weighted by Gasteiger charge is 2.13. The summed E-state index contributed by atoms with van der Waals surface area (Å²) in [5.74, 6) is 2.30. The lowest BCUT2D eigenvalue weighted by Gasteiger charge is -2.11. The van der Waals surface area contributed by atoms with Crippen molar-refractivity contribution in [3.05, 3.63) is 0 Å². The van der Waals surface area contributed by atoms with Crippen molar-refractivity contribution in [2.45, 2.75) is 39.7 Å². The lowest BCUT2D eigenvalue weighted by atomic mass is 10.2. The van der Waals surface area contributed by atoms with Crippen LogP contribution in [0.2, 0.25) is 0 Å². The maximum Gasteiger partial charge on any atom is 0.237 e. The van der Waals surface area contributed by atoms with Gasteiger partial charge in [-0.15, -0.1) is 0 Å². The summed E-state index contributed by atoms with van der Waals surface area (Å²) >= 11 is 0. The SMILES string of the molecule is CC(=O)CCNC(=O)C(N)CSSCCC(C)C. The summed E-state index contributed by atoms with van der Waals surface area (Å²) in [5, 5.41) is 2.67. The van der Waals surface area contributed by atoms with Crippen LogP contribution in [0.3, 0.4) is 0 Å². The van der Waals surface area contributed by atoms with Gasteiger partial charge in [0.2, 0.25) is 5.91 Å². The fourth-order valence-electron chi connectivity index (χ4n) is 1.03. The Labute approximate surface area is 118 Å². The number of hydrogen-bond donors (Lipinski definition) is 2. The number of nitrogens with one attached hydrogen (secondary N) is 1. The minimum absolute atomic E-state index is 0.0717. The Morgan fingerprint density at radius 2 is 1.94 bits per heavy atom. The minimum Gasteiger partial charge on any atom is -0.354 e. The van der Waals surface area contributed by atoms with Crippen molar-refractivity contribution in [1.82, 2.24) is 5.32 Å². The standard InChI is InChI=1S/C12H24N2O2S2/c1-9(2)5-7-17-18-8-11(13)12(16)14-6-4-10(3)15/h9,11H,4-8,13H2,1-3H3,(H,14,16). The molecule has 106 valence electrons. The molecule has 3 N–H and O–H groups in total. The highest BCUT2D eigenvalue weighted by atomic mass is 33.1. The Bertz CT molecular complexity index is 260. The number of carbonyl (C=O) groups is 2. The number of carbonyl (C=O) groups excluding carboxylic acids is 2. The topological polar surface area (TPSA) is 72.2 Å². The third kappa shape index (κ3) is 10.9. The van der Waals surface area contributed by atoms with Crippen molar-refractivity contribution in [3.8, 4) is 0 Å². The van der Waals surface area contributed by atoms with Gasteiger partial charge in [0, 0.05) is 24.5 Å². The second kappa shape index (κ2) is 10.7. The molecule has 0 radical (unpaired) electrons. The summed E-state index contributed by atoms with van der Waals surface area (Å²) in [5.41, 5.74) is 5.74. The van der Waals surface area contributed by atoms with Gasteiger partial charge in [0.25, 0.3) is 0 Å². The Kier molecular flexibility index (Phi) is 10.6. The van der Waals surface area contributed by atoms with Crippen LogP contribution in [0, 0.1) is 5.92 Å². The molecule has 18 heavy (non-hydrogen) atoms. The smallest absolute Gasteiger partial charge is 0.237 e. The van der Waals surface area contributed by atoms with Gasteiger partial charge in [0.05, 0.1) is 6.04 Å². The lowest BCUT2D eigenvalue weighted by Crippen LogP contribution is -2.42. The molecule has 1 amide bonds. The molecule has 0 aliphatic carbocycles. The first kappa shape index (κ1) is 17.8. The highest BCUT2D eigenvalue weighted by Crippen LogP contribution is 2.23. The largest absolute Gasteiger partial charge is 0.354 e. The van der Waals surface area contributed by atoms with Gasteiger partial charge >= 0.3 is 0 Å². The van der Waals surface area contributed by atoms with Gasteiger partial charge in [-0.1, -0.05) is 35.4 Å². The van der Waals surface area contributed by atoms with Gasteiger partial charge in [-0.3, -0.25) is 9.59 Å². The zero-order valence-electron chi connectivity index (χ0n) is 11.4. The Morgan fingerprint density at radius 3 is 2.50 bits per heavy atom. The molecule has 0 spiro atoms. The molecule has 0 heterocycles. The summed E-state index contributed by atoms with van der Waals surface area (Å²) in [6, 6.07) is -0.492. The summed E-state index contributed by atoms with van der Waals surface area (Å²) < 4.78 is 0. The highest BCUT2D eigenvalue weighted by molar-refractivity contribution is 8.76. The number of amides is 1. The van der Waals surface area contributed by atoms with Crippen molar-refractivity contribution < 1.29 is 9.59 Å². The van der Waals surface area contributed by atoms with Gasteiger partial charge in [-0.2, -0.15) is 0 Å². The average Bonchev–Trinajstić information content (AvgIpc) is 2.27. The van der Waals surface area contributed by atoms with E-state index in [1.807, 2.05) is 0 Å². The minimum atomic E-state index is -0.492. The Hall–Kier alpha value is -0.200. The molecule has 0 aromatic carbocycles. The molecule has 1 atom stereocenters. The molecular formula is C12H24N2O2S2. The third-order valence-electron chi connectivity index (χ3n) is 2.22. The molecular weight excluding hydrogens is 268 g/mol. The summed E-state index contributed by atoms with van der Waals surface area (Å²) in [6.07, 6.45) is 1.55. The van der Waals surface area contributed by atoms with Crippen LogP contribution in [0.1, 0.15) is 33.6 Å². The van der Waals surface area contributed by atoms with E-state index in [-0.39, 0.29) is 11.7 Å². The zero-order chi connectivity index (χ0) is 14.0. The van der Waals surface area contributed by atoms with E-state index in [1.54, 1.807) is 21.6 Å². The molecule has 1 unspecified atom stereocenters. The van der Waals surface area contributed by atoms with Gasteiger partial charge in [-0.25, -0.2) is 0 Å². The van der Waals surface area contributed by atoms with Crippen molar-refractivity contribution in [2.75, 3.05) is 18.1 Å². The first-order valence-electron chi connectivity index (χ1n) is 6.20. The van der Waals surface area contributed by atoms with Gasteiger partial charge in [-0.05, 0) is 19.3 Å². The van der Waals surface area contributed by atoms with Crippen LogP contribution in [0.25, 0.3) is 0 Å². The molecule has 0 saturated heterocycles. The first-order chi connectivity index (χ1) is 8.43. The van der Waals surface area contributed by atoms with Crippen LogP contribution in [0.15, 0.2) is 0 Å². The number of hydrogen-bond acceptors (Lipinski definition) is 5. The number of nitrogens with two attached hydrogens (primary N) is 1. The fraction of sp³-hybridized carbons (Fsp3) is 0.833. The monoisotopic (exact) mass is 292 g/mol. The summed E-state index contributed by atoms with van der Waals surface area (Å²) in [4.78, 5) is 22.2.